The Labute approximate surface area is 119 Å². The van der Waals surface area contributed by atoms with Gasteiger partial charge < -0.3 is 15.7 Å². The number of anilines is 1. The quantitative estimate of drug-likeness (QED) is 0.876. The van der Waals surface area contributed by atoms with Crippen molar-refractivity contribution in [2.24, 2.45) is 11.7 Å². The van der Waals surface area contributed by atoms with E-state index in [1.54, 1.807) is 6.20 Å². The Morgan fingerprint density at radius 1 is 1.55 bits per heavy atom. The number of aliphatic hydroxyl groups is 1. The number of aromatic nitrogens is 1. The molecule has 1 fully saturated rings. The molecule has 3 atom stereocenters. The summed E-state index contributed by atoms with van der Waals surface area (Å²) in [5.41, 5.74) is 7.09. The zero-order chi connectivity index (χ0) is 14.7. The number of nitrogens with two attached hydrogens (primary N) is 1. The van der Waals surface area contributed by atoms with E-state index < -0.39 is 6.10 Å². The van der Waals surface area contributed by atoms with Crippen LogP contribution in [0, 0.1) is 5.92 Å². The van der Waals surface area contributed by atoms with Crippen LogP contribution in [-0.4, -0.2) is 28.6 Å². The molecule has 0 spiro atoms. The second-order valence-electron chi connectivity index (χ2n) is 5.54. The molecular formula is C15H23N3O2. The first kappa shape index (κ1) is 14.8. The van der Waals surface area contributed by atoms with Gasteiger partial charge in [0.2, 0.25) is 5.91 Å². The first-order valence-electron chi connectivity index (χ1n) is 7.22. The van der Waals surface area contributed by atoms with Gasteiger partial charge in [0.25, 0.3) is 0 Å². The van der Waals surface area contributed by atoms with Crippen LogP contribution in [0.2, 0.25) is 0 Å². The summed E-state index contributed by atoms with van der Waals surface area (Å²) >= 11 is 0. The molecule has 0 bridgehead atoms. The SMILES string of the molecule is CC[C@@H](O)c1ccc(N2CC(C(N)=O)CCC2C)cn1. The van der Waals surface area contributed by atoms with Gasteiger partial charge in [-0.05, 0) is 38.3 Å². The smallest absolute Gasteiger partial charge is 0.222 e. The number of nitrogens with zero attached hydrogens (tertiary/aromatic N) is 2. The van der Waals surface area contributed by atoms with Crippen LogP contribution < -0.4 is 10.6 Å². The number of piperidine rings is 1. The Morgan fingerprint density at radius 3 is 2.85 bits per heavy atom. The van der Waals surface area contributed by atoms with Gasteiger partial charge in [0.05, 0.1) is 29.6 Å². The highest BCUT2D eigenvalue weighted by atomic mass is 16.3. The molecule has 2 rings (SSSR count). The van der Waals surface area contributed by atoms with Gasteiger partial charge >= 0.3 is 0 Å². The number of hydrogen-bond donors (Lipinski definition) is 2. The number of rotatable bonds is 4. The fourth-order valence-electron chi connectivity index (χ4n) is 2.67. The van der Waals surface area contributed by atoms with E-state index in [9.17, 15) is 9.90 Å². The molecule has 1 aromatic heterocycles. The van der Waals surface area contributed by atoms with Crippen molar-refractivity contribution in [3.63, 3.8) is 0 Å². The van der Waals surface area contributed by atoms with Crippen molar-refractivity contribution in [2.45, 2.75) is 45.3 Å². The van der Waals surface area contributed by atoms with E-state index in [0.717, 1.165) is 18.5 Å². The van der Waals surface area contributed by atoms with Crippen LogP contribution in [-0.2, 0) is 4.79 Å². The minimum Gasteiger partial charge on any atom is -0.387 e. The zero-order valence-electron chi connectivity index (χ0n) is 12.1. The van der Waals surface area contributed by atoms with Crippen LogP contribution in [0.5, 0.6) is 0 Å². The van der Waals surface area contributed by atoms with Crippen molar-refractivity contribution < 1.29 is 9.90 Å². The number of carbonyl (C=O) groups excluding carboxylic acids is 1. The monoisotopic (exact) mass is 277 g/mol. The molecule has 1 amide bonds. The van der Waals surface area contributed by atoms with Gasteiger partial charge in [-0.15, -0.1) is 0 Å². The summed E-state index contributed by atoms with van der Waals surface area (Å²) in [5, 5.41) is 9.76. The van der Waals surface area contributed by atoms with Crippen LogP contribution in [0.4, 0.5) is 5.69 Å². The average molecular weight is 277 g/mol. The highest BCUT2D eigenvalue weighted by Crippen LogP contribution is 2.28. The van der Waals surface area contributed by atoms with E-state index in [0.29, 0.717) is 24.7 Å². The Morgan fingerprint density at radius 2 is 2.30 bits per heavy atom. The molecule has 1 saturated heterocycles. The van der Waals surface area contributed by atoms with Crippen molar-refractivity contribution in [1.29, 1.82) is 0 Å². The number of aliphatic hydroxyl groups excluding tert-OH is 1. The predicted octanol–water partition coefficient (Wildman–Crippen LogP) is 1.62. The molecule has 0 radical (unpaired) electrons. The first-order chi connectivity index (χ1) is 9.52. The highest BCUT2D eigenvalue weighted by Gasteiger charge is 2.28. The summed E-state index contributed by atoms with van der Waals surface area (Å²) in [6, 6.07) is 4.18. The minimum absolute atomic E-state index is 0.0906. The summed E-state index contributed by atoms with van der Waals surface area (Å²) in [7, 11) is 0. The number of pyridine rings is 1. The van der Waals surface area contributed by atoms with Crippen LogP contribution >= 0.6 is 0 Å². The summed E-state index contributed by atoms with van der Waals surface area (Å²) < 4.78 is 0. The number of carbonyl (C=O) groups is 1. The molecule has 2 unspecified atom stereocenters. The molecular weight excluding hydrogens is 254 g/mol. The molecule has 110 valence electrons. The third-order valence-electron chi connectivity index (χ3n) is 4.11. The maximum atomic E-state index is 11.4. The summed E-state index contributed by atoms with van der Waals surface area (Å²) in [6.45, 7) is 4.71. The van der Waals surface area contributed by atoms with E-state index >= 15 is 0 Å². The van der Waals surface area contributed by atoms with Crippen LogP contribution in [0.3, 0.4) is 0 Å². The molecule has 1 aromatic rings. The molecule has 20 heavy (non-hydrogen) atoms. The van der Waals surface area contributed by atoms with E-state index in [2.05, 4.69) is 16.8 Å². The van der Waals surface area contributed by atoms with Crippen LogP contribution in [0.25, 0.3) is 0 Å². The maximum Gasteiger partial charge on any atom is 0.222 e. The molecule has 0 saturated carbocycles. The lowest BCUT2D eigenvalue weighted by molar-refractivity contribution is -0.122. The van der Waals surface area contributed by atoms with E-state index in [1.165, 1.54) is 0 Å². The highest BCUT2D eigenvalue weighted by molar-refractivity contribution is 5.77. The van der Waals surface area contributed by atoms with E-state index in [1.807, 2.05) is 19.1 Å². The number of primary amides is 1. The van der Waals surface area contributed by atoms with Crippen molar-refractivity contribution in [3.05, 3.63) is 24.0 Å². The zero-order valence-corrected chi connectivity index (χ0v) is 12.1. The number of hydrogen-bond acceptors (Lipinski definition) is 4. The topological polar surface area (TPSA) is 79.5 Å². The van der Waals surface area contributed by atoms with Gasteiger partial charge in [0, 0.05) is 12.6 Å². The van der Waals surface area contributed by atoms with Crippen molar-refractivity contribution in [1.82, 2.24) is 4.98 Å². The lowest BCUT2D eigenvalue weighted by Crippen LogP contribution is -2.45. The van der Waals surface area contributed by atoms with Crippen molar-refractivity contribution in [3.8, 4) is 0 Å². The third kappa shape index (κ3) is 3.10. The standard InChI is InChI=1S/C15H23N3O2/c1-3-14(19)13-7-6-12(8-17-13)18-9-11(15(16)20)5-4-10(18)2/h6-8,10-11,14,19H,3-5,9H2,1-2H3,(H2,16,20)/t10?,11?,14-/m1/s1. The Bertz CT molecular complexity index is 461. The minimum atomic E-state index is -0.513. The van der Waals surface area contributed by atoms with Crippen molar-refractivity contribution in [2.75, 3.05) is 11.4 Å². The summed E-state index contributed by atoms with van der Waals surface area (Å²) in [6.07, 6.45) is 3.71. The predicted molar refractivity (Wildman–Crippen MR) is 78.2 cm³/mol. The second kappa shape index (κ2) is 6.22. The molecule has 2 heterocycles. The average Bonchev–Trinajstić information content (AvgIpc) is 2.47. The van der Waals surface area contributed by atoms with Crippen LogP contribution in [0.15, 0.2) is 18.3 Å². The maximum absolute atomic E-state index is 11.4. The normalized spacial score (nSPS) is 24.4. The summed E-state index contributed by atoms with van der Waals surface area (Å²) in [4.78, 5) is 17.9. The molecule has 5 nitrogen and oxygen atoms in total. The van der Waals surface area contributed by atoms with E-state index in [-0.39, 0.29) is 11.8 Å². The van der Waals surface area contributed by atoms with Gasteiger partial charge in [-0.3, -0.25) is 9.78 Å². The lowest BCUT2D eigenvalue weighted by atomic mass is 9.92. The van der Waals surface area contributed by atoms with Gasteiger partial charge in [-0.1, -0.05) is 6.92 Å². The molecule has 0 aromatic carbocycles. The summed E-state index contributed by atoms with van der Waals surface area (Å²) in [5.74, 6) is -0.319. The largest absolute Gasteiger partial charge is 0.387 e. The molecule has 5 heteroatoms. The van der Waals surface area contributed by atoms with Gasteiger partial charge in [0.1, 0.15) is 0 Å². The van der Waals surface area contributed by atoms with E-state index in [4.69, 9.17) is 5.73 Å². The van der Waals surface area contributed by atoms with Crippen molar-refractivity contribution >= 4 is 11.6 Å². The molecule has 1 aliphatic heterocycles. The van der Waals surface area contributed by atoms with Gasteiger partial charge in [0.15, 0.2) is 0 Å². The van der Waals surface area contributed by atoms with Gasteiger partial charge in [-0.25, -0.2) is 0 Å². The fourth-order valence-corrected chi connectivity index (χ4v) is 2.67. The fraction of sp³-hybridized carbons (Fsp3) is 0.600. The Hall–Kier alpha value is -1.62. The molecule has 1 aliphatic rings. The third-order valence-corrected chi connectivity index (χ3v) is 4.11. The van der Waals surface area contributed by atoms with Gasteiger partial charge in [-0.2, -0.15) is 0 Å². The second-order valence-corrected chi connectivity index (χ2v) is 5.54. The molecule has 3 N–H and O–H groups in total. The Balaban J connectivity index is 2.14. The first-order valence-corrected chi connectivity index (χ1v) is 7.22. The molecule has 0 aliphatic carbocycles. The lowest BCUT2D eigenvalue weighted by Gasteiger charge is -2.38. The van der Waals surface area contributed by atoms with Crippen LogP contribution in [0.1, 0.15) is 44.9 Å². The Kier molecular flexibility index (Phi) is 4.60. The number of amides is 1.